The van der Waals surface area contributed by atoms with Gasteiger partial charge in [0.1, 0.15) is 12.4 Å². The topological polar surface area (TPSA) is 116 Å². The van der Waals surface area contributed by atoms with Crippen molar-refractivity contribution in [3.8, 4) is 5.75 Å². The van der Waals surface area contributed by atoms with E-state index in [2.05, 4.69) is 0 Å². The third kappa shape index (κ3) is 7.49. The molecule has 0 aliphatic heterocycles. The smallest absolute Gasteiger partial charge is 0.302 e. The Morgan fingerprint density at radius 2 is 1.79 bits per heavy atom. The van der Waals surface area contributed by atoms with E-state index in [1.807, 2.05) is 30.3 Å². The number of hydrogen-bond acceptors (Lipinski definition) is 8. The summed E-state index contributed by atoms with van der Waals surface area (Å²) in [6.45, 7) is 2.44. The lowest BCUT2D eigenvalue weighted by Gasteiger charge is -2.19. The zero-order valence-electron chi connectivity index (χ0n) is 21.7. The van der Waals surface area contributed by atoms with Crippen LogP contribution >= 0.6 is 0 Å². The third-order valence-corrected chi connectivity index (χ3v) is 6.05. The van der Waals surface area contributed by atoms with Crippen LogP contribution in [0.2, 0.25) is 0 Å². The van der Waals surface area contributed by atoms with Crippen LogP contribution in [0.25, 0.3) is 0 Å². The summed E-state index contributed by atoms with van der Waals surface area (Å²) in [7, 11) is 1.28. The average Bonchev–Trinajstić information content (AvgIpc) is 2.90. The largest absolute Gasteiger partial charge is 0.506 e. The number of phenols is 1. The van der Waals surface area contributed by atoms with Gasteiger partial charge in [-0.25, -0.2) is 0 Å². The van der Waals surface area contributed by atoms with Gasteiger partial charge in [-0.2, -0.15) is 0 Å². The van der Waals surface area contributed by atoms with Crippen molar-refractivity contribution in [2.45, 2.75) is 45.6 Å². The molecule has 0 fully saturated rings. The molecule has 0 unspecified atom stereocenters. The summed E-state index contributed by atoms with van der Waals surface area (Å²) in [5, 5.41) is 11.0. The highest BCUT2D eigenvalue weighted by molar-refractivity contribution is 6.26. The molecule has 8 heteroatoms. The minimum Gasteiger partial charge on any atom is -0.506 e. The van der Waals surface area contributed by atoms with Gasteiger partial charge in [-0.05, 0) is 36.5 Å². The highest BCUT2D eigenvalue weighted by atomic mass is 16.5. The quantitative estimate of drug-likeness (QED) is 0.161. The van der Waals surface area contributed by atoms with E-state index in [1.54, 1.807) is 12.2 Å². The zero-order valence-corrected chi connectivity index (χ0v) is 21.7. The van der Waals surface area contributed by atoms with Gasteiger partial charge < -0.3 is 19.3 Å². The standard InChI is InChI=1S/C30H32O8/c1-20(31)38-16-10-8-13-22-17-23-28(25(33)18-26(36-2)29(23)34)30(35)27(22)24(32)14-7-4-9-15-37-19-21-11-5-3-6-12-21/h3,5-6,8,10-12,17-18,35H,4,7,9,13-16,19H2,1-2H3/b10-8+. The Labute approximate surface area is 221 Å². The van der Waals surface area contributed by atoms with Gasteiger partial charge in [-0.1, -0.05) is 48.9 Å². The number of ketones is 3. The second-order valence-electron chi connectivity index (χ2n) is 8.84. The van der Waals surface area contributed by atoms with E-state index in [-0.39, 0.29) is 47.7 Å². The van der Waals surface area contributed by atoms with Gasteiger partial charge in [0.05, 0.1) is 24.8 Å². The second-order valence-corrected chi connectivity index (χ2v) is 8.84. The maximum absolute atomic E-state index is 13.2. The Balaban J connectivity index is 1.69. The summed E-state index contributed by atoms with van der Waals surface area (Å²) in [6.07, 6.45) is 6.75. The van der Waals surface area contributed by atoms with Crippen molar-refractivity contribution in [1.29, 1.82) is 0 Å². The molecule has 1 aliphatic carbocycles. The molecule has 0 bridgehead atoms. The first-order chi connectivity index (χ1) is 18.3. The molecule has 38 heavy (non-hydrogen) atoms. The van der Waals surface area contributed by atoms with Crippen LogP contribution in [0.1, 0.15) is 74.8 Å². The molecule has 0 aromatic heterocycles. The molecule has 0 amide bonds. The van der Waals surface area contributed by atoms with Crippen LogP contribution in [0.3, 0.4) is 0 Å². The third-order valence-electron chi connectivity index (χ3n) is 6.05. The highest BCUT2D eigenvalue weighted by Crippen LogP contribution is 2.36. The molecule has 0 atom stereocenters. The van der Waals surface area contributed by atoms with E-state index < -0.39 is 23.3 Å². The summed E-state index contributed by atoms with van der Waals surface area (Å²) >= 11 is 0. The number of Topliss-reactive ketones (excluding diaryl/α,β-unsaturated/α-hetero) is 2. The molecule has 1 N–H and O–H groups in total. The van der Waals surface area contributed by atoms with Gasteiger partial charge in [0, 0.05) is 31.6 Å². The fourth-order valence-electron chi connectivity index (χ4n) is 4.16. The number of fused-ring (bicyclic) bond motifs is 1. The van der Waals surface area contributed by atoms with Crippen molar-refractivity contribution in [2.24, 2.45) is 0 Å². The maximum atomic E-state index is 13.2. The summed E-state index contributed by atoms with van der Waals surface area (Å²) in [5.41, 5.74) is 1.32. The first-order valence-electron chi connectivity index (χ1n) is 12.5. The van der Waals surface area contributed by atoms with Crippen molar-refractivity contribution in [3.63, 3.8) is 0 Å². The molecular formula is C30H32O8. The number of carbonyl (C=O) groups is 4. The number of methoxy groups -OCH3 is 1. The van der Waals surface area contributed by atoms with Gasteiger partial charge in [-0.15, -0.1) is 0 Å². The Bertz CT molecular complexity index is 1240. The van der Waals surface area contributed by atoms with Gasteiger partial charge in [0.25, 0.3) is 0 Å². The van der Waals surface area contributed by atoms with Crippen LogP contribution in [0.4, 0.5) is 0 Å². The molecule has 0 radical (unpaired) electrons. The molecule has 8 nitrogen and oxygen atoms in total. The average molecular weight is 521 g/mol. The van der Waals surface area contributed by atoms with E-state index in [9.17, 15) is 24.3 Å². The molecular weight excluding hydrogens is 488 g/mol. The minimum absolute atomic E-state index is 0.0117. The number of benzene rings is 2. The Hall–Kier alpha value is -4.04. The van der Waals surface area contributed by atoms with E-state index >= 15 is 0 Å². The number of hydrogen-bond donors (Lipinski definition) is 1. The van der Waals surface area contributed by atoms with Gasteiger partial charge >= 0.3 is 5.97 Å². The molecule has 0 saturated heterocycles. The van der Waals surface area contributed by atoms with Crippen molar-refractivity contribution >= 4 is 23.3 Å². The van der Waals surface area contributed by atoms with Crippen LogP contribution in [0, 0.1) is 0 Å². The molecule has 3 rings (SSSR count). The Morgan fingerprint density at radius 1 is 1.03 bits per heavy atom. The maximum Gasteiger partial charge on any atom is 0.302 e. The van der Waals surface area contributed by atoms with Crippen LogP contribution in [-0.2, 0) is 32.0 Å². The van der Waals surface area contributed by atoms with Gasteiger partial charge in [0.15, 0.2) is 17.3 Å². The number of allylic oxidation sites excluding steroid dienone is 3. The van der Waals surface area contributed by atoms with E-state index in [0.717, 1.165) is 24.5 Å². The molecule has 0 spiro atoms. The molecule has 200 valence electrons. The first kappa shape index (κ1) is 28.5. The summed E-state index contributed by atoms with van der Waals surface area (Å²) < 4.78 is 15.6. The fraction of sp³-hybridized carbons (Fsp3) is 0.333. The number of aromatic hydroxyl groups is 1. The molecule has 0 saturated carbocycles. The number of unbranched alkanes of at least 4 members (excludes halogenated alkanes) is 2. The van der Waals surface area contributed by atoms with Crippen LogP contribution in [0.5, 0.6) is 5.75 Å². The first-order valence-corrected chi connectivity index (χ1v) is 12.5. The lowest BCUT2D eigenvalue weighted by molar-refractivity contribution is -0.139. The van der Waals surface area contributed by atoms with Crippen molar-refractivity contribution in [3.05, 3.63) is 88.2 Å². The number of rotatable bonds is 14. The lowest BCUT2D eigenvalue weighted by atomic mass is 9.85. The zero-order chi connectivity index (χ0) is 27.5. The fourth-order valence-corrected chi connectivity index (χ4v) is 4.16. The molecule has 2 aromatic rings. The van der Waals surface area contributed by atoms with E-state index in [0.29, 0.717) is 25.2 Å². The normalized spacial score (nSPS) is 12.8. The van der Waals surface area contributed by atoms with Gasteiger partial charge in [0.2, 0.25) is 5.78 Å². The number of phenolic OH excluding ortho intramolecular Hbond substituents is 1. The highest BCUT2D eigenvalue weighted by Gasteiger charge is 2.33. The summed E-state index contributed by atoms with van der Waals surface area (Å²) in [5.74, 6) is -2.52. The molecule has 1 aliphatic rings. The van der Waals surface area contributed by atoms with Crippen LogP contribution < -0.4 is 0 Å². The number of ether oxygens (including phenoxy) is 3. The SMILES string of the molecule is COC1=CC(=O)c2c(cc(C/C=C/COC(C)=O)c(C(=O)CCCCCOCc3ccccc3)c2O)C1=O. The summed E-state index contributed by atoms with van der Waals surface area (Å²) in [6, 6.07) is 11.3. The second kappa shape index (κ2) is 14.0. The summed E-state index contributed by atoms with van der Waals surface area (Å²) in [4.78, 5) is 49.7. The Morgan fingerprint density at radius 3 is 2.50 bits per heavy atom. The number of esters is 1. The van der Waals surface area contributed by atoms with E-state index in [4.69, 9.17) is 14.2 Å². The van der Waals surface area contributed by atoms with Crippen molar-refractivity contribution in [2.75, 3.05) is 20.3 Å². The molecule has 0 heterocycles. The predicted molar refractivity (Wildman–Crippen MR) is 140 cm³/mol. The minimum atomic E-state index is -0.601. The monoisotopic (exact) mass is 520 g/mol. The number of carbonyl (C=O) groups excluding carboxylic acids is 4. The van der Waals surface area contributed by atoms with Gasteiger partial charge in [-0.3, -0.25) is 19.2 Å². The molecule has 2 aromatic carbocycles. The predicted octanol–water partition coefficient (Wildman–Crippen LogP) is 4.92. The van der Waals surface area contributed by atoms with Crippen LogP contribution in [0.15, 0.2) is 60.4 Å². The van der Waals surface area contributed by atoms with Crippen LogP contribution in [-0.4, -0.2) is 48.7 Å². The Kier molecular flexibility index (Phi) is 10.5. The van der Waals surface area contributed by atoms with Crippen molar-refractivity contribution < 1.29 is 38.5 Å². The van der Waals surface area contributed by atoms with Crippen molar-refractivity contribution in [1.82, 2.24) is 0 Å². The van der Waals surface area contributed by atoms with E-state index in [1.165, 1.54) is 20.1 Å². The lowest BCUT2D eigenvalue weighted by Crippen LogP contribution is -2.20.